The average molecular weight is 362 g/mol. The molecule has 3 rings (SSSR count). The molecule has 0 unspecified atom stereocenters. The first kappa shape index (κ1) is 17.6. The molecule has 0 spiro atoms. The highest BCUT2D eigenvalue weighted by atomic mass is 32.1. The number of amides is 2. The summed E-state index contributed by atoms with van der Waals surface area (Å²) in [6.07, 6.45) is 0. The zero-order valence-electron chi connectivity index (χ0n) is 14.4. The van der Waals surface area contributed by atoms with Gasteiger partial charge in [-0.2, -0.15) is 0 Å². The lowest BCUT2D eigenvalue weighted by Gasteiger charge is -2.33. The predicted octanol–water partition coefficient (Wildman–Crippen LogP) is 1.43. The smallest absolute Gasteiger partial charge is 0.292 e. The molecular weight excluding hydrogens is 340 g/mol. The van der Waals surface area contributed by atoms with Crippen molar-refractivity contribution in [3.05, 3.63) is 39.4 Å². The number of hydrogen-bond donors (Lipinski definition) is 1. The van der Waals surface area contributed by atoms with Gasteiger partial charge in [-0.1, -0.05) is 5.16 Å². The van der Waals surface area contributed by atoms with E-state index in [2.05, 4.69) is 21.4 Å². The standard InChI is InChI=1S/C17H22N4O3S/c1-12-3-8-25-15(12)10-18-16(22)11-20-4-6-21(7-5-20)17(23)14-9-13(2)19-24-14/h3,8-9H,4-7,10-11H2,1-2H3,(H,18,22). The molecule has 1 fully saturated rings. The Labute approximate surface area is 150 Å². The first-order valence-corrected chi connectivity index (χ1v) is 9.15. The number of nitrogens with one attached hydrogen (secondary N) is 1. The molecule has 2 aromatic rings. The first-order chi connectivity index (χ1) is 12.0. The van der Waals surface area contributed by atoms with Crippen LogP contribution in [0.3, 0.4) is 0 Å². The lowest BCUT2D eigenvalue weighted by Crippen LogP contribution is -2.51. The fourth-order valence-electron chi connectivity index (χ4n) is 2.75. The van der Waals surface area contributed by atoms with Crippen LogP contribution in [0.5, 0.6) is 0 Å². The van der Waals surface area contributed by atoms with E-state index in [1.165, 1.54) is 10.4 Å². The van der Waals surface area contributed by atoms with Crippen LogP contribution >= 0.6 is 11.3 Å². The van der Waals surface area contributed by atoms with Gasteiger partial charge in [0.15, 0.2) is 0 Å². The number of aromatic nitrogens is 1. The van der Waals surface area contributed by atoms with Crippen molar-refractivity contribution >= 4 is 23.2 Å². The molecule has 1 aliphatic heterocycles. The largest absolute Gasteiger partial charge is 0.351 e. The van der Waals surface area contributed by atoms with Gasteiger partial charge in [-0.05, 0) is 30.9 Å². The summed E-state index contributed by atoms with van der Waals surface area (Å²) in [4.78, 5) is 29.4. The number of hydrogen-bond acceptors (Lipinski definition) is 6. The van der Waals surface area contributed by atoms with Gasteiger partial charge in [-0.3, -0.25) is 14.5 Å². The molecule has 2 amide bonds. The summed E-state index contributed by atoms with van der Waals surface area (Å²) in [5.41, 5.74) is 1.90. The minimum atomic E-state index is -0.141. The average Bonchev–Trinajstić information content (AvgIpc) is 3.21. The van der Waals surface area contributed by atoms with E-state index in [9.17, 15) is 9.59 Å². The Hall–Kier alpha value is -2.19. The summed E-state index contributed by atoms with van der Waals surface area (Å²) < 4.78 is 5.03. The van der Waals surface area contributed by atoms with E-state index >= 15 is 0 Å². The number of rotatable bonds is 5. The molecule has 0 aliphatic carbocycles. The van der Waals surface area contributed by atoms with Gasteiger partial charge >= 0.3 is 0 Å². The number of nitrogens with zero attached hydrogens (tertiary/aromatic N) is 3. The van der Waals surface area contributed by atoms with E-state index in [4.69, 9.17) is 4.52 Å². The van der Waals surface area contributed by atoms with Gasteiger partial charge in [0.05, 0.1) is 18.8 Å². The fourth-order valence-corrected chi connectivity index (χ4v) is 3.60. The summed E-state index contributed by atoms with van der Waals surface area (Å²) in [5.74, 6) is 0.145. The zero-order valence-corrected chi connectivity index (χ0v) is 15.3. The quantitative estimate of drug-likeness (QED) is 0.870. The second-order valence-electron chi connectivity index (χ2n) is 6.20. The topological polar surface area (TPSA) is 78.7 Å². The van der Waals surface area contributed by atoms with E-state index in [0.717, 1.165) is 0 Å². The number of thiophene rings is 1. The Morgan fingerprint density at radius 3 is 2.64 bits per heavy atom. The maximum atomic E-state index is 12.3. The van der Waals surface area contributed by atoms with Crippen LogP contribution in [0.1, 0.15) is 26.7 Å². The Morgan fingerprint density at radius 2 is 2.04 bits per heavy atom. The zero-order chi connectivity index (χ0) is 17.8. The Balaban J connectivity index is 1.42. The predicted molar refractivity (Wildman–Crippen MR) is 94.5 cm³/mol. The van der Waals surface area contributed by atoms with Gasteiger partial charge in [0, 0.05) is 37.1 Å². The van der Waals surface area contributed by atoms with E-state index in [-0.39, 0.29) is 17.6 Å². The molecule has 0 radical (unpaired) electrons. The van der Waals surface area contributed by atoms with Crippen molar-refractivity contribution in [2.75, 3.05) is 32.7 Å². The molecule has 0 atom stereocenters. The molecule has 0 bridgehead atoms. The molecule has 2 aromatic heterocycles. The van der Waals surface area contributed by atoms with E-state index in [0.29, 0.717) is 45.0 Å². The highest BCUT2D eigenvalue weighted by Crippen LogP contribution is 2.15. The van der Waals surface area contributed by atoms with Crippen molar-refractivity contribution in [1.82, 2.24) is 20.3 Å². The minimum Gasteiger partial charge on any atom is -0.351 e. The molecule has 134 valence electrons. The van der Waals surface area contributed by atoms with Crippen LogP contribution in [-0.2, 0) is 11.3 Å². The Bertz CT molecular complexity index is 747. The van der Waals surface area contributed by atoms with Crippen LogP contribution in [0.4, 0.5) is 0 Å². The summed E-state index contributed by atoms with van der Waals surface area (Å²) in [7, 11) is 0. The molecular formula is C17H22N4O3S. The van der Waals surface area contributed by atoms with Crippen molar-refractivity contribution in [2.45, 2.75) is 20.4 Å². The van der Waals surface area contributed by atoms with Crippen molar-refractivity contribution < 1.29 is 14.1 Å². The molecule has 7 nitrogen and oxygen atoms in total. The van der Waals surface area contributed by atoms with E-state index in [1.54, 1.807) is 29.2 Å². The second kappa shape index (κ2) is 7.79. The highest BCUT2D eigenvalue weighted by Gasteiger charge is 2.25. The maximum Gasteiger partial charge on any atom is 0.292 e. The molecule has 0 aromatic carbocycles. The minimum absolute atomic E-state index is 0.0124. The van der Waals surface area contributed by atoms with Gasteiger partial charge < -0.3 is 14.7 Å². The molecule has 1 saturated heterocycles. The van der Waals surface area contributed by atoms with Gasteiger partial charge in [-0.15, -0.1) is 11.3 Å². The number of piperazine rings is 1. The van der Waals surface area contributed by atoms with E-state index < -0.39 is 0 Å². The highest BCUT2D eigenvalue weighted by molar-refractivity contribution is 7.10. The number of carbonyl (C=O) groups excluding carboxylic acids is 2. The van der Waals surface area contributed by atoms with Crippen molar-refractivity contribution in [3.8, 4) is 0 Å². The first-order valence-electron chi connectivity index (χ1n) is 8.27. The molecule has 1 N–H and O–H groups in total. The van der Waals surface area contributed by atoms with Crippen LogP contribution in [0.2, 0.25) is 0 Å². The van der Waals surface area contributed by atoms with E-state index in [1.807, 2.05) is 12.3 Å². The normalized spacial score (nSPS) is 15.4. The van der Waals surface area contributed by atoms with Crippen LogP contribution in [0.15, 0.2) is 22.0 Å². The van der Waals surface area contributed by atoms with Gasteiger partial charge in [0.25, 0.3) is 5.91 Å². The van der Waals surface area contributed by atoms with Crippen LogP contribution in [-0.4, -0.2) is 59.5 Å². The van der Waals surface area contributed by atoms with Crippen LogP contribution < -0.4 is 5.32 Å². The molecule has 1 aliphatic rings. The fraction of sp³-hybridized carbons (Fsp3) is 0.471. The summed E-state index contributed by atoms with van der Waals surface area (Å²) in [5, 5.41) is 8.74. The van der Waals surface area contributed by atoms with Crippen molar-refractivity contribution in [2.24, 2.45) is 0 Å². The van der Waals surface area contributed by atoms with Crippen LogP contribution in [0.25, 0.3) is 0 Å². The van der Waals surface area contributed by atoms with Crippen molar-refractivity contribution in [1.29, 1.82) is 0 Å². The number of carbonyl (C=O) groups is 2. The van der Waals surface area contributed by atoms with Gasteiger partial charge in [0.2, 0.25) is 11.7 Å². The van der Waals surface area contributed by atoms with Crippen LogP contribution in [0, 0.1) is 13.8 Å². The van der Waals surface area contributed by atoms with Crippen molar-refractivity contribution in [3.63, 3.8) is 0 Å². The molecule has 8 heteroatoms. The van der Waals surface area contributed by atoms with Gasteiger partial charge in [0.1, 0.15) is 0 Å². The molecule has 3 heterocycles. The lowest BCUT2D eigenvalue weighted by atomic mass is 10.2. The lowest BCUT2D eigenvalue weighted by molar-refractivity contribution is -0.122. The maximum absolute atomic E-state index is 12.3. The molecule has 25 heavy (non-hydrogen) atoms. The SMILES string of the molecule is Cc1cc(C(=O)N2CCN(CC(=O)NCc3sccc3C)CC2)on1. The third-order valence-corrected chi connectivity index (χ3v) is 5.30. The second-order valence-corrected chi connectivity index (χ2v) is 7.21. The molecule has 0 saturated carbocycles. The third kappa shape index (κ3) is 4.46. The summed E-state index contributed by atoms with van der Waals surface area (Å²) >= 11 is 1.65. The summed E-state index contributed by atoms with van der Waals surface area (Å²) in [6, 6.07) is 3.70. The third-order valence-electron chi connectivity index (χ3n) is 4.28. The Kier molecular flexibility index (Phi) is 5.50. The summed E-state index contributed by atoms with van der Waals surface area (Å²) in [6.45, 7) is 7.26. The Morgan fingerprint density at radius 1 is 1.28 bits per heavy atom. The number of aryl methyl sites for hydroxylation is 2. The van der Waals surface area contributed by atoms with Gasteiger partial charge in [-0.25, -0.2) is 0 Å². The monoisotopic (exact) mass is 362 g/mol.